The van der Waals surface area contributed by atoms with Gasteiger partial charge in [-0.05, 0) is 150 Å². The van der Waals surface area contributed by atoms with Gasteiger partial charge in [0.15, 0.2) is 0 Å². The molecule has 9 unspecified atom stereocenters. The van der Waals surface area contributed by atoms with E-state index in [2.05, 4.69) is 53.2 Å². The molecule has 0 saturated carbocycles. The van der Waals surface area contributed by atoms with Gasteiger partial charge in [0.05, 0.1) is 64.9 Å². The maximum Gasteiger partial charge on any atom is 0.328 e. The molecule has 0 aliphatic carbocycles. The Kier molecular flexibility index (Phi) is 67.6. The summed E-state index contributed by atoms with van der Waals surface area (Å²) < 4.78 is 42.6. The number of hydrogen-bond donors (Lipinski definition) is 12. The van der Waals surface area contributed by atoms with Crippen LogP contribution in [0.15, 0.2) is 0 Å². The second kappa shape index (κ2) is 72.7. The summed E-state index contributed by atoms with van der Waals surface area (Å²) in [4.78, 5) is 222. The van der Waals surface area contributed by atoms with Crippen molar-refractivity contribution in [1.29, 1.82) is 0 Å². The lowest BCUT2D eigenvalue weighted by molar-refractivity contribution is -0.151. The monoisotopic (exact) mass is 1840 g/mol. The molecule has 0 aromatic rings. The summed E-state index contributed by atoms with van der Waals surface area (Å²) in [6.07, 6.45) is 2.49. The minimum atomic E-state index is -1.45. The highest BCUT2D eigenvalue weighted by molar-refractivity contribution is 5.91. The van der Waals surface area contributed by atoms with Crippen LogP contribution in [-0.4, -0.2) is 241 Å². The normalized spacial score (nSPS) is 13.5. The Bertz CT molecular complexity index is 3300. The highest BCUT2D eigenvalue weighted by Crippen LogP contribution is 2.16. The van der Waals surface area contributed by atoms with Crippen molar-refractivity contribution in [2.45, 2.75) is 346 Å². The maximum atomic E-state index is 14.0. The maximum absolute atomic E-state index is 14.0. The molecule has 0 rings (SSSR count). The van der Waals surface area contributed by atoms with E-state index in [0.29, 0.717) is 77.0 Å². The summed E-state index contributed by atoms with van der Waals surface area (Å²) in [7, 11) is 0. The van der Waals surface area contributed by atoms with Gasteiger partial charge in [-0.2, -0.15) is 0 Å². The van der Waals surface area contributed by atoms with Crippen molar-refractivity contribution in [3.63, 3.8) is 0 Å². The van der Waals surface area contributed by atoms with Crippen LogP contribution in [0.25, 0.3) is 0 Å². The quantitative estimate of drug-likeness (QED) is 0.00993. The van der Waals surface area contributed by atoms with Gasteiger partial charge in [0, 0.05) is 96.3 Å². The van der Waals surface area contributed by atoms with Crippen molar-refractivity contribution in [2.24, 2.45) is 59.0 Å². The fourth-order valence-electron chi connectivity index (χ4n) is 11.9. The molecule has 9 atom stereocenters. The second-order valence-electron chi connectivity index (χ2n) is 36.6. The molecule has 37 heteroatoms. The second-order valence-corrected chi connectivity index (χ2v) is 36.6. The Morgan fingerprint density at radius 2 is 0.581 bits per heavy atom. The molecule has 129 heavy (non-hydrogen) atoms. The van der Waals surface area contributed by atoms with Crippen LogP contribution in [0.4, 0.5) is 0 Å². The molecule has 0 heterocycles. The van der Waals surface area contributed by atoms with E-state index in [-0.39, 0.29) is 242 Å². The lowest BCUT2D eigenvalue weighted by Gasteiger charge is -2.25. The average Bonchev–Trinajstić information content (AvgIpc) is 0.901. The van der Waals surface area contributed by atoms with Gasteiger partial charge < -0.3 is 101 Å². The third-order valence-corrected chi connectivity index (χ3v) is 19.3. The molecule has 0 bridgehead atoms. The number of nitrogens with one attached hydrogen (secondary N) is 10. The molecule has 742 valence electrons. The van der Waals surface area contributed by atoms with E-state index in [9.17, 15) is 86.6 Å². The number of carbonyl (C=O) groups excluding carboxylic acids is 17. The number of aliphatic hydroxyl groups excluding tert-OH is 1. The Morgan fingerprint density at radius 1 is 0.279 bits per heavy atom. The Morgan fingerprint density at radius 3 is 0.946 bits per heavy atom. The van der Waals surface area contributed by atoms with Crippen molar-refractivity contribution in [3.8, 4) is 0 Å². The molecule has 0 spiro atoms. The number of esters is 8. The van der Waals surface area contributed by atoms with Gasteiger partial charge >= 0.3 is 47.8 Å². The largest absolute Gasteiger partial charge is 0.465 e. The van der Waals surface area contributed by atoms with Gasteiger partial charge in [0.2, 0.25) is 47.3 Å². The SMILES string of the molecule is CC(C)COC(=O)CCC(NCC(C=O)CCCCNC(=O)CCC(NC(=O)CCC(N)C(=O)NC(CCC(=O)NCCCCCC(=O)NC(CCC(=O)OCC(C)C)C(=O)OCC(C)C)C(=O)NCCCCCC(=O)NC(CCC(=O)OCC(C)C)C(=O)OCC(C)C)C(O)NCCCCCC(=O)NC(CCC(=O)OCC(C)C)C(=O)OCC(C)C)C(=O)OCC(C)C. The van der Waals surface area contributed by atoms with Crippen molar-refractivity contribution in [2.75, 3.05) is 85.6 Å². The molecular formula is C92H163N11O26. The number of rotatable bonds is 77. The van der Waals surface area contributed by atoms with Crippen LogP contribution in [0.1, 0.15) is 297 Å². The molecule has 0 radical (unpaired) electrons. The van der Waals surface area contributed by atoms with Crippen molar-refractivity contribution < 1.29 is 125 Å². The number of aliphatic hydroxyl groups is 1. The van der Waals surface area contributed by atoms with Gasteiger partial charge in [-0.1, -0.05) is 136 Å². The minimum absolute atomic E-state index is 0.0108. The predicted octanol–water partition coefficient (Wildman–Crippen LogP) is 6.67. The summed E-state index contributed by atoms with van der Waals surface area (Å²) in [5.41, 5.74) is 6.43. The zero-order chi connectivity index (χ0) is 97.2. The Balaban J connectivity index is 6.56. The number of aldehydes is 1. The number of ether oxygens (including phenoxy) is 8. The van der Waals surface area contributed by atoms with E-state index in [4.69, 9.17) is 43.6 Å². The molecule has 0 saturated heterocycles. The highest BCUT2D eigenvalue weighted by atomic mass is 16.6. The summed E-state index contributed by atoms with van der Waals surface area (Å²) in [6.45, 7) is 32.1. The molecular weight excluding hydrogens is 1680 g/mol. The van der Waals surface area contributed by atoms with Crippen LogP contribution in [0, 0.1) is 53.3 Å². The molecule has 0 aromatic carbocycles. The fraction of sp³-hybridized carbons (Fsp3) is 0.815. The minimum Gasteiger partial charge on any atom is -0.465 e. The van der Waals surface area contributed by atoms with Crippen molar-refractivity contribution >= 4 is 101 Å². The van der Waals surface area contributed by atoms with Crippen LogP contribution < -0.4 is 58.9 Å². The van der Waals surface area contributed by atoms with Gasteiger partial charge in [-0.3, -0.25) is 67.6 Å². The van der Waals surface area contributed by atoms with E-state index >= 15 is 0 Å². The average molecular weight is 1840 g/mol. The topological polar surface area (TPSA) is 531 Å². The van der Waals surface area contributed by atoms with Crippen LogP contribution >= 0.6 is 0 Å². The van der Waals surface area contributed by atoms with Crippen LogP contribution in [0.2, 0.25) is 0 Å². The zero-order valence-electron chi connectivity index (χ0n) is 80.3. The standard InChI is InChI=1S/C92H163N11O26/c1-60(2)52-122-82(111)42-35-72(89(118)126-56-64(9)10)98-50-68(51-104)28-23-27-47-95-76(105)40-33-70(87(116)96-48-25-18-21-30-79(108)101-74(91(120)128-58-66(13)14)37-44-84(113)124-54-62(5)6)99-81(110)39-32-69(93)86(115)103-71(88(117)97-49-26-19-22-31-80(109)102-75(92(121)129-59-67(15)16)38-45-85(114)125-55-63(7)8)34-41-77(106)94-46-24-17-20-29-78(107)100-73(90(119)127-57-65(11)12)36-43-83(112)123-53-61(3)4/h51,60-75,87,96,98,116H,17-50,52-59,93H2,1-16H3,(H,94,106)(H,95,105)(H,97,117)(H,99,110)(H,100,107)(H,101,108)(H,102,109)(H,103,115). The van der Waals surface area contributed by atoms with E-state index < -0.39 is 149 Å². The van der Waals surface area contributed by atoms with Crippen LogP contribution in [-0.2, 0) is 119 Å². The van der Waals surface area contributed by atoms with E-state index in [1.807, 2.05) is 111 Å². The summed E-state index contributed by atoms with van der Waals surface area (Å²) >= 11 is 0. The number of amides is 8. The molecule has 8 amide bonds. The molecule has 0 fully saturated rings. The zero-order valence-corrected chi connectivity index (χ0v) is 80.3. The number of nitrogens with two attached hydrogens (primary N) is 1. The lowest BCUT2D eigenvalue weighted by Crippen LogP contribution is -2.53. The van der Waals surface area contributed by atoms with Crippen LogP contribution in [0.3, 0.4) is 0 Å². The summed E-state index contributed by atoms with van der Waals surface area (Å²) in [6, 6.07) is -7.98. The number of hydrogen-bond acceptors (Lipinski definition) is 29. The molecule has 37 nitrogen and oxygen atoms in total. The van der Waals surface area contributed by atoms with E-state index in [0.717, 1.165) is 6.29 Å². The first-order valence-corrected chi connectivity index (χ1v) is 46.9. The van der Waals surface area contributed by atoms with Crippen molar-refractivity contribution in [1.82, 2.24) is 53.2 Å². The smallest absolute Gasteiger partial charge is 0.328 e. The number of unbranched alkanes of at least 4 members (excludes halogenated alkanes) is 7. The van der Waals surface area contributed by atoms with Crippen molar-refractivity contribution in [3.05, 3.63) is 0 Å². The third-order valence-electron chi connectivity index (χ3n) is 19.3. The summed E-state index contributed by atoms with van der Waals surface area (Å²) in [5.74, 6) is -9.03. The molecule has 0 aliphatic rings. The van der Waals surface area contributed by atoms with E-state index in [1.54, 1.807) is 0 Å². The number of carbonyl (C=O) groups is 17. The van der Waals surface area contributed by atoms with Gasteiger partial charge in [-0.15, -0.1) is 0 Å². The van der Waals surface area contributed by atoms with Gasteiger partial charge in [0.25, 0.3) is 0 Å². The first-order valence-electron chi connectivity index (χ1n) is 46.9. The van der Waals surface area contributed by atoms with Gasteiger partial charge in [0.1, 0.15) is 42.7 Å². The first-order chi connectivity index (χ1) is 61.0. The molecule has 13 N–H and O–H groups in total. The first kappa shape index (κ1) is 120. The lowest BCUT2D eigenvalue weighted by atomic mass is 10.0. The Labute approximate surface area is 765 Å². The fourth-order valence-corrected chi connectivity index (χ4v) is 11.9. The Hall–Kier alpha value is -8.97. The molecule has 0 aromatic heterocycles. The van der Waals surface area contributed by atoms with Crippen LogP contribution in [0.5, 0.6) is 0 Å². The predicted molar refractivity (Wildman–Crippen MR) is 482 cm³/mol. The van der Waals surface area contributed by atoms with E-state index in [1.165, 1.54) is 0 Å². The van der Waals surface area contributed by atoms with Gasteiger partial charge in [-0.25, -0.2) is 14.4 Å². The summed E-state index contributed by atoms with van der Waals surface area (Å²) in [5, 5.41) is 39.5. The third kappa shape index (κ3) is 67.0. The highest BCUT2D eigenvalue weighted by Gasteiger charge is 2.32. The molecule has 0 aliphatic heterocycles.